The van der Waals surface area contributed by atoms with E-state index in [2.05, 4.69) is 31.0 Å². The minimum atomic E-state index is -3.73. The zero-order valence-corrected chi connectivity index (χ0v) is 17.6. The van der Waals surface area contributed by atoms with Gasteiger partial charge in [-0.05, 0) is 49.8 Å². The van der Waals surface area contributed by atoms with Crippen LogP contribution in [0.4, 0.5) is 0 Å². The summed E-state index contributed by atoms with van der Waals surface area (Å²) in [5.41, 5.74) is 1.88. The second-order valence-electron chi connectivity index (χ2n) is 7.15. The van der Waals surface area contributed by atoms with Crippen molar-refractivity contribution < 1.29 is 8.42 Å². The van der Waals surface area contributed by atoms with Crippen LogP contribution in [0.1, 0.15) is 37.0 Å². The fourth-order valence-electron chi connectivity index (χ4n) is 3.08. The van der Waals surface area contributed by atoms with Crippen LogP contribution in [0.5, 0.6) is 0 Å². The minimum absolute atomic E-state index is 0.0745. The van der Waals surface area contributed by atoms with Crippen molar-refractivity contribution in [3.8, 4) is 5.69 Å². The highest BCUT2D eigenvalue weighted by Gasteiger charge is 2.15. The average molecular weight is 414 g/mol. The molecule has 2 N–H and O–H groups in total. The fraction of sp³-hybridized carbons (Fsp3) is 0.333. The Balaban J connectivity index is 1.92. The lowest BCUT2D eigenvalue weighted by Gasteiger charge is -2.13. The van der Waals surface area contributed by atoms with Crippen LogP contribution < -0.4 is 5.14 Å². The maximum Gasteiger partial charge on any atom is 0.238 e. The molecule has 154 valence electrons. The van der Waals surface area contributed by atoms with E-state index in [4.69, 9.17) is 15.2 Å². The number of sulfonamides is 1. The Kier molecular flexibility index (Phi) is 6.79. The highest BCUT2D eigenvalue weighted by molar-refractivity contribution is 7.89. The van der Waals surface area contributed by atoms with E-state index in [1.54, 1.807) is 16.8 Å². The Labute approximate surface area is 172 Å². The lowest BCUT2D eigenvalue weighted by Crippen LogP contribution is -2.19. The van der Waals surface area contributed by atoms with Crippen molar-refractivity contribution in [2.75, 3.05) is 13.6 Å². The molecule has 0 amide bonds. The number of unbranched alkanes of at least 4 members (excludes halogenated alkanes) is 1. The summed E-state index contributed by atoms with van der Waals surface area (Å²) in [5, 5.41) is 9.91. The number of aromatic nitrogens is 3. The number of nitrogens with two attached hydrogens (primary N) is 1. The van der Waals surface area contributed by atoms with E-state index in [1.165, 1.54) is 12.1 Å². The van der Waals surface area contributed by atoms with Crippen LogP contribution in [0, 0.1) is 0 Å². The molecule has 0 fully saturated rings. The molecule has 3 aromatic rings. The number of rotatable bonds is 9. The Morgan fingerprint density at radius 3 is 2.38 bits per heavy atom. The highest BCUT2D eigenvalue weighted by atomic mass is 32.2. The van der Waals surface area contributed by atoms with E-state index >= 15 is 0 Å². The number of primary sulfonamides is 1. The van der Waals surface area contributed by atoms with Gasteiger partial charge in [-0.25, -0.2) is 23.2 Å². The van der Waals surface area contributed by atoms with E-state index < -0.39 is 10.0 Å². The van der Waals surface area contributed by atoms with Gasteiger partial charge < -0.3 is 0 Å². The van der Waals surface area contributed by atoms with E-state index in [0.717, 1.165) is 42.3 Å². The van der Waals surface area contributed by atoms with Crippen molar-refractivity contribution in [1.29, 1.82) is 0 Å². The van der Waals surface area contributed by atoms with Gasteiger partial charge in [0.2, 0.25) is 10.0 Å². The molecule has 1 heterocycles. The van der Waals surface area contributed by atoms with Crippen LogP contribution in [-0.2, 0) is 23.0 Å². The average Bonchev–Trinajstić information content (AvgIpc) is 3.08. The van der Waals surface area contributed by atoms with Gasteiger partial charge in [-0.15, -0.1) is 5.10 Å². The minimum Gasteiger partial charge on any atom is -0.299 e. The van der Waals surface area contributed by atoms with Crippen LogP contribution in [0.2, 0.25) is 0 Å². The zero-order chi connectivity index (χ0) is 20.9. The first-order valence-electron chi connectivity index (χ1n) is 9.67. The van der Waals surface area contributed by atoms with Gasteiger partial charge in [0, 0.05) is 6.42 Å². The van der Waals surface area contributed by atoms with Gasteiger partial charge in [0.15, 0.2) is 5.82 Å². The smallest absolute Gasteiger partial charge is 0.238 e. The van der Waals surface area contributed by atoms with Gasteiger partial charge in [-0.3, -0.25) is 4.90 Å². The molecule has 29 heavy (non-hydrogen) atoms. The third-order valence-corrected chi connectivity index (χ3v) is 5.57. The van der Waals surface area contributed by atoms with Crippen molar-refractivity contribution in [2.45, 2.75) is 37.6 Å². The van der Waals surface area contributed by atoms with Gasteiger partial charge in [-0.1, -0.05) is 43.7 Å². The molecule has 1 aromatic heterocycles. The van der Waals surface area contributed by atoms with Crippen molar-refractivity contribution in [3.63, 3.8) is 0 Å². The summed E-state index contributed by atoms with van der Waals surface area (Å²) >= 11 is 0. The highest BCUT2D eigenvalue weighted by Crippen LogP contribution is 2.17. The predicted octanol–water partition coefficient (Wildman–Crippen LogP) is 2.74. The predicted molar refractivity (Wildman–Crippen MR) is 113 cm³/mol. The molecule has 0 bridgehead atoms. The van der Waals surface area contributed by atoms with Crippen molar-refractivity contribution in [1.82, 2.24) is 19.7 Å². The number of hydrogen-bond donors (Lipinski definition) is 1. The molecule has 0 radical (unpaired) electrons. The van der Waals surface area contributed by atoms with E-state index in [9.17, 15) is 8.42 Å². The van der Waals surface area contributed by atoms with Crippen LogP contribution in [-0.4, -0.2) is 41.7 Å². The van der Waals surface area contributed by atoms with Crippen LogP contribution in [0.15, 0.2) is 59.5 Å². The molecule has 0 aliphatic carbocycles. The van der Waals surface area contributed by atoms with Crippen molar-refractivity contribution in [2.24, 2.45) is 5.14 Å². The first-order valence-corrected chi connectivity index (χ1v) is 11.2. The molecule has 0 aliphatic heterocycles. The van der Waals surface area contributed by atoms with Crippen LogP contribution in [0.3, 0.4) is 0 Å². The number of nitrogens with zero attached hydrogens (tertiary/aromatic N) is 4. The lowest BCUT2D eigenvalue weighted by atomic mass is 10.1. The van der Waals surface area contributed by atoms with Crippen molar-refractivity contribution >= 4 is 10.0 Å². The number of benzene rings is 2. The van der Waals surface area contributed by atoms with E-state index in [0.29, 0.717) is 13.0 Å². The molecule has 0 saturated carbocycles. The van der Waals surface area contributed by atoms with Gasteiger partial charge in [0.25, 0.3) is 0 Å². The quantitative estimate of drug-likeness (QED) is 0.582. The maximum absolute atomic E-state index is 11.5. The monoisotopic (exact) mass is 413 g/mol. The molecular formula is C21H27N5O2S. The molecule has 3 rings (SSSR count). The molecule has 7 nitrogen and oxygen atoms in total. The summed E-state index contributed by atoms with van der Waals surface area (Å²) in [6.07, 6.45) is 2.90. The summed E-state index contributed by atoms with van der Waals surface area (Å²) in [5.74, 6) is 1.54. The first-order chi connectivity index (χ1) is 13.9. The molecule has 0 atom stereocenters. The Hall–Kier alpha value is -2.55. The molecular weight excluding hydrogens is 386 g/mol. The van der Waals surface area contributed by atoms with Crippen LogP contribution in [0.25, 0.3) is 5.69 Å². The van der Waals surface area contributed by atoms with E-state index in [-0.39, 0.29) is 4.90 Å². The summed E-state index contributed by atoms with van der Waals surface area (Å²) in [7, 11) is -1.67. The van der Waals surface area contributed by atoms with Gasteiger partial charge in [-0.2, -0.15) is 0 Å². The zero-order valence-electron chi connectivity index (χ0n) is 16.8. The molecule has 0 unspecified atom stereocenters. The first kappa shape index (κ1) is 21.2. The topological polar surface area (TPSA) is 94.1 Å². The normalized spacial score (nSPS) is 11.9. The van der Waals surface area contributed by atoms with Crippen molar-refractivity contribution in [3.05, 3.63) is 71.8 Å². The van der Waals surface area contributed by atoms with E-state index in [1.807, 2.05) is 18.2 Å². The Bertz CT molecular complexity index is 1030. The SMILES string of the molecule is CCCCN(C)Cc1nc(Cc2ccccc2)n(-c2ccc(S(N)(=O)=O)cc2)n1. The second-order valence-corrected chi connectivity index (χ2v) is 8.71. The second kappa shape index (κ2) is 9.30. The summed E-state index contributed by atoms with van der Waals surface area (Å²) < 4.78 is 24.9. The molecule has 8 heteroatoms. The van der Waals surface area contributed by atoms with Gasteiger partial charge in [0.05, 0.1) is 17.1 Å². The molecule has 0 spiro atoms. The maximum atomic E-state index is 11.5. The van der Waals surface area contributed by atoms with Gasteiger partial charge >= 0.3 is 0 Å². The number of hydrogen-bond acceptors (Lipinski definition) is 5. The molecule has 0 saturated heterocycles. The third-order valence-electron chi connectivity index (χ3n) is 4.64. The van der Waals surface area contributed by atoms with Crippen LogP contribution >= 0.6 is 0 Å². The summed E-state index contributed by atoms with van der Waals surface area (Å²) in [6, 6.07) is 16.5. The Morgan fingerprint density at radius 1 is 1.07 bits per heavy atom. The summed E-state index contributed by atoms with van der Waals surface area (Å²) in [4.78, 5) is 7.05. The third kappa shape index (κ3) is 5.72. The molecule has 0 aliphatic rings. The fourth-order valence-corrected chi connectivity index (χ4v) is 3.60. The summed E-state index contributed by atoms with van der Waals surface area (Å²) in [6.45, 7) is 3.82. The lowest BCUT2D eigenvalue weighted by molar-refractivity contribution is 0.312. The standard InChI is InChI=1S/C21H27N5O2S/c1-3-4-14-25(2)16-20-23-21(15-17-8-6-5-7-9-17)26(24-20)18-10-12-19(13-11-18)29(22,27)28/h5-13H,3-4,14-16H2,1-2H3,(H2,22,27,28). The molecule has 2 aromatic carbocycles. The van der Waals surface area contributed by atoms with Gasteiger partial charge in [0.1, 0.15) is 5.82 Å². The largest absolute Gasteiger partial charge is 0.299 e. The Morgan fingerprint density at radius 2 is 1.76 bits per heavy atom.